The quantitative estimate of drug-likeness (QED) is 0.280. The molecule has 0 fully saturated rings. The van der Waals surface area contributed by atoms with E-state index in [1.54, 1.807) is 42.7 Å². The van der Waals surface area contributed by atoms with Crippen LogP contribution in [0.1, 0.15) is 47.8 Å². The van der Waals surface area contributed by atoms with Crippen molar-refractivity contribution in [2.24, 2.45) is 4.99 Å². The molecule has 0 saturated heterocycles. The smallest absolute Gasteiger partial charge is 0.338 e. The van der Waals surface area contributed by atoms with Crippen molar-refractivity contribution >= 4 is 40.5 Å². The molecule has 4 aromatic rings. The zero-order valence-electron chi connectivity index (χ0n) is 19.8. The molecule has 1 atom stereocenters. The Balaban J connectivity index is 1.57. The Morgan fingerprint density at radius 3 is 2.61 bits per heavy atom. The summed E-state index contributed by atoms with van der Waals surface area (Å²) in [7, 11) is 0. The molecule has 0 bridgehead atoms. The molecule has 9 heteroatoms. The first-order valence-corrected chi connectivity index (χ1v) is 13.0. The largest absolute Gasteiger partial charge is 0.463 e. The van der Waals surface area contributed by atoms with E-state index < -0.39 is 12.0 Å². The van der Waals surface area contributed by atoms with Crippen LogP contribution >= 0.6 is 22.7 Å². The Morgan fingerprint density at radius 1 is 1.17 bits per heavy atom. The fourth-order valence-electron chi connectivity index (χ4n) is 4.09. The molecule has 7 nitrogen and oxygen atoms in total. The molecule has 4 heterocycles. The van der Waals surface area contributed by atoms with Gasteiger partial charge in [-0.25, -0.2) is 9.79 Å². The minimum atomic E-state index is -0.602. The van der Waals surface area contributed by atoms with Gasteiger partial charge in [0.15, 0.2) is 10.6 Å². The Bertz CT molecular complexity index is 1670. The first-order chi connectivity index (χ1) is 17.4. The maximum Gasteiger partial charge on any atom is 0.338 e. The number of rotatable bonds is 6. The van der Waals surface area contributed by atoms with Gasteiger partial charge in [0.1, 0.15) is 17.6 Å². The summed E-state index contributed by atoms with van der Waals surface area (Å²) in [6.45, 7) is 5.27. The second-order valence-electron chi connectivity index (χ2n) is 8.15. The van der Waals surface area contributed by atoms with Gasteiger partial charge < -0.3 is 9.15 Å². The third-order valence-electron chi connectivity index (χ3n) is 5.81. The Labute approximate surface area is 214 Å². The van der Waals surface area contributed by atoms with Gasteiger partial charge in [-0.05, 0) is 44.4 Å². The van der Waals surface area contributed by atoms with Gasteiger partial charge in [-0.15, -0.1) is 11.3 Å². The van der Waals surface area contributed by atoms with E-state index >= 15 is 0 Å². The van der Waals surface area contributed by atoms with Crippen LogP contribution in [0.25, 0.3) is 17.4 Å². The minimum Gasteiger partial charge on any atom is -0.463 e. The molecule has 0 amide bonds. The first kappa shape index (κ1) is 23.9. The second kappa shape index (κ2) is 9.67. The number of fused-ring (bicyclic) bond motifs is 1. The molecule has 1 aromatic carbocycles. The predicted octanol–water partition coefficient (Wildman–Crippen LogP) is 4.32. The Kier molecular flexibility index (Phi) is 6.42. The highest BCUT2D eigenvalue weighted by Gasteiger charge is 2.33. The van der Waals surface area contributed by atoms with Gasteiger partial charge >= 0.3 is 5.97 Å². The third kappa shape index (κ3) is 4.31. The summed E-state index contributed by atoms with van der Waals surface area (Å²) in [5, 5.41) is 1.91. The van der Waals surface area contributed by atoms with Crippen molar-refractivity contribution in [3.63, 3.8) is 0 Å². The summed E-state index contributed by atoms with van der Waals surface area (Å²) in [6.07, 6.45) is 1.69. The molecule has 0 saturated carbocycles. The van der Waals surface area contributed by atoms with Crippen LogP contribution in [0.4, 0.5) is 0 Å². The number of thiophene rings is 1. The monoisotopic (exact) mass is 518 g/mol. The average molecular weight is 519 g/mol. The number of ether oxygens (including phenoxy) is 1. The molecule has 0 N–H and O–H groups in total. The zero-order valence-corrected chi connectivity index (χ0v) is 21.4. The molecule has 0 aliphatic carbocycles. The molecule has 0 radical (unpaired) electrons. The number of allylic oxidation sites excluding steroid dienone is 1. The van der Waals surface area contributed by atoms with Crippen molar-refractivity contribution < 1.29 is 18.7 Å². The SMILES string of the molecule is CCOC(=O)C1=C(C)N=c2s/c(=C\c3ccc(-c4ccc(C(C)=O)cc4)o3)c(=O)n2[C@H]1c1cccs1. The van der Waals surface area contributed by atoms with Gasteiger partial charge in [0.05, 0.1) is 22.4 Å². The number of nitrogens with zero attached hydrogens (tertiary/aromatic N) is 2. The van der Waals surface area contributed by atoms with Crippen LogP contribution < -0.4 is 14.9 Å². The molecule has 1 aliphatic rings. The van der Waals surface area contributed by atoms with E-state index in [0.29, 0.717) is 37.7 Å². The normalized spacial score (nSPS) is 15.5. The number of ketones is 1. The van der Waals surface area contributed by atoms with E-state index in [-0.39, 0.29) is 17.9 Å². The lowest BCUT2D eigenvalue weighted by Gasteiger charge is -2.23. The number of esters is 1. The number of Topliss-reactive ketones (excluding diaryl/α,β-unsaturated/α-hetero) is 1. The van der Waals surface area contributed by atoms with Crippen LogP contribution in [0.2, 0.25) is 0 Å². The fraction of sp³-hybridized carbons (Fsp3) is 0.185. The number of aromatic nitrogens is 1. The maximum atomic E-state index is 13.6. The van der Waals surface area contributed by atoms with E-state index in [9.17, 15) is 14.4 Å². The highest BCUT2D eigenvalue weighted by Crippen LogP contribution is 2.33. The Morgan fingerprint density at radius 2 is 1.94 bits per heavy atom. The lowest BCUT2D eigenvalue weighted by atomic mass is 10.0. The van der Waals surface area contributed by atoms with Crippen molar-refractivity contribution in [3.8, 4) is 11.3 Å². The highest BCUT2D eigenvalue weighted by molar-refractivity contribution is 7.10. The number of hydrogen-bond acceptors (Lipinski definition) is 8. The molecule has 5 rings (SSSR count). The van der Waals surface area contributed by atoms with Crippen molar-refractivity contribution in [1.82, 2.24) is 4.57 Å². The van der Waals surface area contributed by atoms with E-state index in [1.807, 2.05) is 35.7 Å². The van der Waals surface area contributed by atoms with Crippen molar-refractivity contribution in [2.45, 2.75) is 26.8 Å². The van der Waals surface area contributed by atoms with Crippen molar-refractivity contribution in [1.29, 1.82) is 0 Å². The zero-order chi connectivity index (χ0) is 25.4. The number of thiazole rings is 1. The summed E-state index contributed by atoms with van der Waals surface area (Å²) in [4.78, 5) is 43.9. The molecule has 36 heavy (non-hydrogen) atoms. The topological polar surface area (TPSA) is 90.9 Å². The van der Waals surface area contributed by atoms with Crippen molar-refractivity contribution in [3.05, 3.63) is 101 Å². The van der Waals surface area contributed by atoms with Crippen LogP contribution in [0.5, 0.6) is 0 Å². The van der Waals surface area contributed by atoms with E-state index in [2.05, 4.69) is 4.99 Å². The van der Waals surface area contributed by atoms with E-state index in [0.717, 1.165) is 10.4 Å². The van der Waals surface area contributed by atoms with Gasteiger partial charge in [-0.2, -0.15) is 0 Å². The number of hydrogen-bond donors (Lipinski definition) is 0. The predicted molar refractivity (Wildman–Crippen MR) is 139 cm³/mol. The summed E-state index contributed by atoms with van der Waals surface area (Å²) in [6, 6.07) is 14.0. The van der Waals surface area contributed by atoms with Gasteiger partial charge in [-0.3, -0.25) is 14.2 Å². The first-order valence-electron chi connectivity index (χ1n) is 11.3. The van der Waals surface area contributed by atoms with Crippen LogP contribution in [0, 0.1) is 0 Å². The molecular formula is C27H22N2O5S2. The lowest BCUT2D eigenvalue weighted by Crippen LogP contribution is -2.39. The molecule has 0 spiro atoms. The van der Waals surface area contributed by atoms with Crippen LogP contribution in [0.3, 0.4) is 0 Å². The van der Waals surface area contributed by atoms with Gasteiger partial charge in [0, 0.05) is 22.1 Å². The van der Waals surface area contributed by atoms with Crippen LogP contribution in [-0.4, -0.2) is 22.9 Å². The number of carbonyl (C=O) groups excluding carboxylic acids is 2. The van der Waals surface area contributed by atoms with Gasteiger partial charge in [0.2, 0.25) is 0 Å². The molecule has 0 unspecified atom stereocenters. The van der Waals surface area contributed by atoms with Crippen molar-refractivity contribution in [2.75, 3.05) is 6.61 Å². The van der Waals surface area contributed by atoms with E-state index in [4.69, 9.17) is 9.15 Å². The molecule has 182 valence electrons. The average Bonchev–Trinajstić information content (AvgIpc) is 3.60. The van der Waals surface area contributed by atoms with Crippen LogP contribution in [0.15, 0.2) is 79.4 Å². The van der Waals surface area contributed by atoms with Crippen LogP contribution in [-0.2, 0) is 9.53 Å². The fourth-order valence-corrected chi connectivity index (χ4v) is 5.94. The number of carbonyl (C=O) groups is 2. The minimum absolute atomic E-state index is 0.000683. The maximum absolute atomic E-state index is 13.6. The van der Waals surface area contributed by atoms with Gasteiger partial charge in [0.25, 0.3) is 5.56 Å². The Hall–Kier alpha value is -3.82. The van der Waals surface area contributed by atoms with Gasteiger partial charge in [-0.1, -0.05) is 41.7 Å². The number of furan rings is 1. The standard InChI is InChI=1S/C27H22N2O5S2/c1-4-33-26(32)23-15(2)28-27-29(24(23)21-6-5-13-35-21)25(31)22(36-27)14-19-11-12-20(34-19)18-9-7-17(8-10-18)16(3)30/h5-14,24H,4H2,1-3H3/b22-14-/t24-/m0/s1. The molecule has 3 aromatic heterocycles. The summed E-state index contributed by atoms with van der Waals surface area (Å²) < 4.78 is 13.3. The number of benzene rings is 1. The second-order valence-corrected chi connectivity index (χ2v) is 10.1. The lowest BCUT2D eigenvalue weighted by molar-refractivity contribution is -0.139. The van der Waals surface area contributed by atoms with E-state index in [1.165, 1.54) is 29.6 Å². The molecule has 1 aliphatic heterocycles. The molecular weight excluding hydrogens is 496 g/mol. The third-order valence-corrected chi connectivity index (χ3v) is 7.71. The highest BCUT2D eigenvalue weighted by atomic mass is 32.1. The summed E-state index contributed by atoms with van der Waals surface area (Å²) >= 11 is 2.72. The summed E-state index contributed by atoms with van der Waals surface area (Å²) in [5.41, 5.74) is 2.11. The summed E-state index contributed by atoms with van der Waals surface area (Å²) in [5.74, 6) is 0.665.